The van der Waals surface area contributed by atoms with Gasteiger partial charge in [-0.15, -0.1) is 0 Å². The van der Waals surface area contributed by atoms with Gasteiger partial charge in [0.25, 0.3) is 17.7 Å². The fraction of sp³-hybridized carbons (Fsp3) is 0.312. The largest absolute Gasteiger partial charge is 0.272 e. The Hall–Kier alpha value is -2.14. The number of amides is 3. The lowest BCUT2D eigenvalue weighted by Crippen LogP contribution is -2.47. The molecular weight excluding hydrogens is 304 g/mol. The number of allylic oxidation sites excluding steroid dienone is 2. The summed E-state index contributed by atoms with van der Waals surface area (Å²) in [6, 6.07) is 6.37. The average molecular weight is 317 g/mol. The molecule has 4 atom stereocenters. The summed E-state index contributed by atoms with van der Waals surface area (Å²) < 4.78 is 0. The number of nitrogens with one attached hydrogen (secondary N) is 1. The lowest BCUT2D eigenvalue weighted by atomic mass is 9.85. The van der Waals surface area contributed by atoms with Crippen molar-refractivity contribution in [2.24, 2.45) is 23.7 Å². The van der Waals surface area contributed by atoms with Crippen LogP contribution < -0.4 is 5.43 Å². The van der Waals surface area contributed by atoms with Gasteiger partial charge < -0.3 is 0 Å². The van der Waals surface area contributed by atoms with E-state index in [4.69, 9.17) is 11.6 Å². The summed E-state index contributed by atoms with van der Waals surface area (Å²) in [5.41, 5.74) is 2.74. The maximum atomic E-state index is 12.5. The van der Waals surface area contributed by atoms with E-state index in [0.29, 0.717) is 10.6 Å². The number of fused-ring (bicyclic) bond motifs is 5. The highest BCUT2D eigenvalue weighted by Crippen LogP contribution is 2.52. The molecule has 2 bridgehead atoms. The van der Waals surface area contributed by atoms with Crippen molar-refractivity contribution in [1.29, 1.82) is 0 Å². The van der Waals surface area contributed by atoms with Crippen molar-refractivity contribution in [2.45, 2.75) is 6.42 Å². The SMILES string of the molecule is O=C(NN1C(=O)[C@@H]2[C@@H](C1=O)[C@H]1C=C[C@H]2C1)c1cccc(Cl)c1. The summed E-state index contributed by atoms with van der Waals surface area (Å²) >= 11 is 5.85. The van der Waals surface area contributed by atoms with Crippen LogP contribution in [0.3, 0.4) is 0 Å². The number of hydrogen-bond acceptors (Lipinski definition) is 3. The van der Waals surface area contributed by atoms with E-state index >= 15 is 0 Å². The number of hydrogen-bond donors (Lipinski definition) is 1. The smallest absolute Gasteiger partial charge is 0.270 e. The number of halogens is 1. The van der Waals surface area contributed by atoms with E-state index in [1.807, 2.05) is 12.2 Å². The third kappa shape index (κ3) is 1.82. The summed E-state index contributed by atoms with van der Waals surface area (Å²) in [5.74, 6) is -1.50. The highest BCUT2D eigenvalue weighted by atomic mass is 35.5. The molecule has 5 nitrogen and oxygen atoms in total. The maximum absolute atomic E-state index is 12.5. The van der Waals surface area contributed by atoms with Crippen molar-refractivity contribution in [2.75, 3.05) is 0 Å². The Labute approximate surface area is 131 Å². The van der Waals surface area contributed by atoms with Crippen molar-refractivity contribution in [3.05, 3.63) is 47.0 Å². The summed E-state index contributed by atoms with van der Waals surface area (Å²) in [6.45, 7) is 0. The molecule has 1 aromatic rings. The predicted molar refractivity (Wildman–Crippen MR) is 78.5 cm³/mol. The Morgan fingerprint density at radius 3 is 2.36 bits per heavy atom. The van der Waals surface area contributed by atoms with Gasteiger partial charge in [0, 0.05) is 10.6 Å². The fourth-order valence-electron chi connectivity index (χ4n) is 3.81. The molecule has 1 aromatic carbocycles. The molecule has 1 N–H and O–H groups in total. The Kier molecular flexibility index (Phi) is 2.87. The molecule has 2 aliphatic carbocycles. The van der Waals surface area contributed by atoms with E-state index in [-0.39, 0.29) is 35.5 Å². The number of carbonyl (C=O) groups excluding carboxylic acids is 3. The normalized spacial score (nSPS) is 31.8. The topological polar surface area (TPSA) is 66.5 Å². The van der Waals surface area contributed by atoms with E-state index in [1.165, 1.54) is 6.07 Å². The predicted octanol–water partition coefficient (Wildman–Crippen LogP) is 1.79. The highest BCUT2D eigenvalue weighted by molar-refractivity contribution is 6.31. The first kappa shape index (κ1) is 13.5. The van der Waals surface area contributed by atoms with Crippen molar-refractivity contribution in [3.8, 4) is 0 Å². The van der Waals surface area contributed by atoms with Gasteiger partial charge in [-0.25, -0.2) is 0 Å². The molecule has 3 amide bonds. The lowest BCUT2D eigenvalue weighted by Gasteiger charge is -2.18. The van der Waals surface area contributed by atoms with Gasteiger partial charge in [0.05, 0.1) is 11.8 Å². The minimum atomic E-state index is -0.510. The highest BCUT2D eigenvalue weighted by Gasteiger charge is 2.59. The molecule has 0 unspecified atom stereocenters. The molecule has 4 rings (SSSR count). The average Bonchev–Trinajstić information content (AvgIpc) is 3.17. The van der Waals surface area contributed by atoms with Gasteiger partial charge in [0.2, 0.25) is 0 Å². The zero-order valence-corrected chi connectivity index (χ0v) is 12.3. The van der Waals surface area contributed by atoms with Crippen LogP contribution in [0.2, 0.25) is 5.02 Å². The van der Waals surface area contributed by atoms with Crippen LogP contribution in [0.15, 0.2) is 36.4 Å². The maximum Gasteiger partial charge on any atom is 0.270 e. The molecule has 1 heterocycles. The third-order valence-corrected chi connectivity index (χ3v) is 5.01. The molecule has 0 radical (unpaired) electrons. The van der Waals surface area contributed by atoms with Gasteiger partial charge in [0.15, 0.2) is 0 Å². The second-order valence-electron chi connectivity index (χ2n) is 5.96. The van der Waals surface area contributed by atoms with E-state index in [1.54, 1.807) is 18.2 Å². The molecule has 0 aromatic heterocycles. The standard InChI is InChI=1S/C16H13ClN2O3/c17-11-3-1-2-10(7-11)14(20)18-19-15(21)12-8-4-5-9(6-8)13(12)16(19)22/h1-5,7-9,12-13H,6H2,(H,18,20)/t8-,9-,12-,13-/m0/s1. The molecule has 2 fully saturated rings. The van der Waals surface area contributed by atoms with Crippen molar-refractivity contribution >= 4 is 29.3 Å². The third-order valence-electron chi connectivity index (χ3n) is 4.77. The van der Waals surface area contributed by atoms with Crippen LogP contribution in [0.1, 0.15) is 16.8 Å². The number of carbonyl (C=O) groups is 3. The van der Waals surface area contributed by atoms with Gasteiger partial charge in [-0.05, 0) is 36.5 Å². The van der Waals surface area contributed by atoms with Gasteiger partial charge in [-0.3, -0.25) is 19.8 Å². The van der Waals surface area contributed by atoms with Gasteiger partial charge in [-0.1, -0.05) is 29.8 Å². The summed E-state index contributed by atoms with van der Waals surface area (Å²) in [6.07, 6.45) is 4.89. The zero-order valence-electron chi connectivity index (χ0n) is 11.5. The lowest BCUT2D eigenvalue weighted by molar-refractivity contribution is -0.143. The number of imide groups is 1. The number of benzene rings is 1. The Morgan fingerprint density at radius 2 is 1.77 bits per heavy atom. The van der Waals surface area contributed by atoms with Crippen LogP contribution >= 0.6 is 11.6 Å². The number of rotatable bonds is 2. The second kappa shape index (κ2) is 4.68. The van der Waals surface area contributed by atoms with Crippen LogP contribution in [0, 0.1) is 23.7 Å². The minimum absolute atomic E-state index is 0.125. The molecule has 0 spiro atoms. The molecule has 6 heteroatoms. The molecule has 22 heavy (non-hydrogen) atoms. The fourth-order valence-corrected chi connectivity index (χ4v) is 4.00. The van der Waals surface area contributed by atoms with E-state index in [9.17, 15) is 14.4 Å². The van der Waals surface area contributed by atoms with Crippen molar-refractivity contribution in [3.63, 3.8) is 0 Å². The molecule has 1 saturated carbocycles. The number of hydrazine groups is 1. The number of nitrogens with zero attached hydrogens (tertiary/aromatic N) is 1. The molecule has 1 saturated heterocycles. The summed E-state index contributed by atoms with van der Waals surface area (Å²) in [4.78, 5) is 37.1. The van der Waals surface area contributed by atoms with Gasteiger partial charge in [0.1, 0.15) is 0 Å². The second-order valence-corrected chi connectivity index (χ2v) is 6.40. The summed E-state index contributed by atoms with van der Waals surface area (Å²) in [7, 11) is 0. The van der Waals surface area contributed by atoms with Gasteiger partial charge >= 0.3 is 0 Å². The Bertz CT molecular complexity index is 700. The quantitative estimate of drug-likeness (QED) is 0.668. The van der Waals surface area contributed by atoms with E-state index in [0.717, 1.165) is 11.4 Å². The molecule has 3 aliphatic rings. The zero-order chi connectivity index (χ0) is 15.4. The Morgan fingerprint density at radius 1 is 1.14 bits per heavy atom. The van der Waals surface area contributed by atoms with E-state index in [2.05, 4.69) is 5.43 Å². The molecular formula is C16H13ClN2O3. The van der Waals surface area contributed by atoms with Crippen LogP contribution in [-0.2, 0) is 9.59 Å². The van der Waals surface area contributed by atoms with E-state index < -0.39 is 5.91 Å². The van der Waals surface area contributed by atoms with Crippen LogP contribution in [0.25, 0.3) is 0 Å². The van der Waals surface area contributed by atoms with Gasteiger partial charge in [-0.2, -0.15) is 5.01 Å². The van der Waals surface area contributed by atoms with Crippen LogP contribution in [0.4, 0.5) is 0 Å². The molecule has 1 aliphatic heterocycles. The van der Waals surface area contributed by atoms with Crippen LogP contribution in [0.5, 0.6) is 0 Å². The first-order valence-electron chi connectivity index (χ1n) is 7.19. The first-order chi connectivity index (χ1) is 10.6. The first-order valence-corrected chi connectivity index (χ1v) is 7.57. The monoisotopic (exact) mass is 316 g/mol. The summed E-state index contributed by atoms with van der Waals surface area (Å²) in [5, 5.41) is 1.32. The Balaban J connectivity index is 1.56. The molecule has 112 valence electrons. The van der Waals surface area contributed by atoms with Crippen molar-refractivity contribution in [1.82, 2.24) is 10.4 Å². The van der Waals surface area contributed by atoms with Crippen molar-refractivity contribution < 1.29 is 14.4 Å². The minimum Gasteiger partial charge on any atom is -0.272 e. The van der Waals surface area contributed by atoms with Crippen LogP contribution in [-0.4, -0.2) is 22.7 Å².